The molecule has 1 unspecified atom stereocenters. The molecule has 4 nitrogen and oxygen atoms in total. The van der Waals surface area contributed by atoms with Crippen LogP contribution in [0.3, 0.4) is 0 Å². The first kappa shape index (κ1) is 11.8. The molecular formula is C11H19N3OS. The second-order valence-corrected chi connectivity index (χ2v) is 5.10. The normalized spacial score (nSPS) is 21.4. The number of thiazole rings is 1. The minimum Gasteiger partial charge on any atom is -0.377 e. The zero-order valence-electron chi connectivity index (χ0n) is 9.90. The third kappa shape index (κ3) is 2.72. The monoisotopic (exact) mass is 241 g/mol. The summed E-state index contributed by atoms with van der Waals surface area (Å²) in [4.78, 5) is 8.13. The lowest BCUT2D eigenvalue weighted by Crippen LogP contribution is -2.43. The largest absolute Gasteiger partial charge is 0.377 e. The quantitative estimate of drug-likeness (QED) is 0.866. The summed E-state index contributed by atoms with van der Waals surface area (Å²) in [5.41, 5.74) is 0. The molecule has 0 bridgehead atoms. The Morgan fingerprint density at radius 2 is 2.56 bits per heavy atom. The number of nitrogens with one attached hydrogen (secondary N) is 1. The Morgan fingerprint density at radius 3 is 3.31 bits per heavy atom. The zero-order chi connectivity index (χ0) is 11.4. The fourth-order valence-corrected chi connectivity index (χ4v) is 2.78. The highest BCUT2D eigenvalue weighted by Crippen LogP contribution is 2.25. The van der Waals surface area contributed by atoms with Crippen LogP contribution >= 0.6 is 11.3 Å². The summed E-state index contributed by atoms with van der Waals surface area (Å²) in [5, 5.41) is 4.45. The number of rotatable bonds is 4. The van der Waals surface area contributed by atoms with Gasteiger partial charge in [0.05, 0.1) is 19.3 Å². The first-order valence-electron chi connectivity index (χ1n) is 5.81. The number of hydrogen-bond donors (Lipinski definition) is 1. The maximum atomic E-state index is 5.43. The van der Waals surface area contributed by atoms with Crippen molar-refractivity contribution < 1.29 is 4.74 Å². The molecule has 90 valence electrons. The van der Waals surface area contributed by atoms with Crippen LogP contribution in [0.5, 0.6) is 0 Å². The van der Waals surface area contributed by atoms with E-state index in [1.807, 2.05) is 6.20 Å². The second kappa shape index (κ2) is 5.61. The van der Waals surface area contributed by atoms with Gasteiger partial charge in [0.2, 0.25) is 0 Å². The minimum atomic E-state index is 0.437. The van der Waals surface area contributed by atoms with Crippen LogP contribution in [-0.2, 0) is 11.3 Å². The molecule has 1 aromatic heterocycles. The summed E-state index contributed by atoms with van der Waals surface area (Å²) < 4.78 is 5.43. The van der Waals surface area contributed by atoms with Crippen LogP contribution in [0.2, 0.25) is 0 Å². The molecule has 2 rings (SSSR count). The van der Waals surface area contributed by atoms with Crippen molar-refractivity contribution in [2.45, 2.75) is 26.4 Å². The van der Waals surface area contributed by atoms with Crippen LogP contribution in [0, 0.1) is 0 Å². The third-order valence-electron chi connectivity index (χ3n) is 2.70. The lowest BCUT2D eigenvalue weighted by Gasteiger charge is -2.32. The van der Waals surface area contributed by atoms with Gasteiger partial charge in [0.25, 0.3) is 0 Å². The number of nitrogens with zero attached hydrogens (tertiary/aromatic N) is 2. The van der Waals surface area contributed by atoms with Crippen molar-refractivity contribution in [2.75, 3.05) is 31.2 Å². The number of hydrogen-bond acceptors (Lipinski definition) is 5. The summed E-state index contributed by atoms with van der Waals surface area (Å²) in [7, 11) is 0. The van der Waals surface area contributed by atoms with Gasteiger partial charge in [-0.15, -0.1) is 11.3 Å². The topological polar surface area (TPSA) is 37.4 Å². The molecule has 0 spiro atoms. The molecule has 1 aliphatic heterocycles. The smallest absolute Gasteiger partial charge is 0.185 e. The molecule has 0 saturated carbocycles. The van der Waals surface area contributed by atoms with Crippen molar-refractivity contribution in [3.8, 4) is 0 Å². The highest BCUT2D eigenvalue weighted by Gasteiger charge is 2.21. The molecule has 5 heteroatoms. The predicted molar refractivity (Wildman–Crippen MR) is 67.1 cm³/mol. The molecule has 1 fully saturated rings. The molecule has 1 atom stereocenters. The average Bonchev–Trinajstić information content (AvgIpc) is 2.75. The van der Waals surface area contributed by atoms with Gasteiger partial charge in [0.15, 0.2) is 5.13 Å². The Kier molecular flexibility index (Phi) is 4.15. The second-order valence-electron chi connectivity index (χ2n) is 4.01. The van der Waals surface area contributed by atoms with Crippen LogP contribution in [0.1, 0.15) is 18.7 Å². The lowest BCUT2D eigenvalue weighted by molar-refractivity contribution is 0.0989. The lowest BCUT2D eigenvalue weighted by atomic mass is 10.3. The van der Waals surface area contributed by atoms with Gasteiger partial charge in [0.1, 0.15) is 0 Å². The summed E-state index contributed by atoms with van der Waals surface area (Å²) in [6.45, 7) is 8.80. The van der Waals surface area contributed by atoms with E-state index in [-0.39, 0.29) is 0 Å². The fraction of sp³-hybridized carbons (Fsp3) is 0.727. The molecule has 0 radical (unpaired) electrons. The molecule has 0 aliphatic carbocycles. The minimum absolute atomic E-state index is 0.437. The third-order valence-corrected chi connectivity index (χ3v) is 3.74. The van der Waals surface area contributed by atoms with Gasteiger partial charge >= 0.3 is 0 Å². The molecule has 1 aromatic rings. The van der Waals surface area contributed by atoms with E-state index in [0.29, 0.717) is 6.04 Å². The summed E-state index contributed by atoms with van der Waals surface area (Å²) in [5.74, 6) is 0. The zero-order valence-corrected chi connectivity index (χ0v) is 10.7. The van der Waals surface area contributed by atoms with Gasteiger partial charge in [0, 0.05) is 24.2 Å². The highest BCUT2D eigenvalue weighted by molar-refractivity contribution is 7.15. The molecule has 1 saturated heterocycles. The van der Waals surface area contributed by atoms with Crippen molar-refractivity contribution in [1.82, 2.24) is 10.3 Å². The molecule has 1 N–H and O–H groups in total. The number of morpholine rings is 1. The van der Waals surface area contributed by atoms with E-state index in [4.69, 9.17) is 4.74 Å². The molecule has 0 aromatic carbocycles. The Bertz CT molecular complexity index is 329. The van der Waals surface area contributed by atoms with Crippen LogP contribution in [0.25, 0.3) is 0 Å². The van der Waals surface area contributed by atoms with Crippen molar-refractivity contribution >= 4 is 16.5 Å². The van der Waals surface area contributed by atoms with Crippen LogP contribution < -0.4 is 10.2 Å². The van der Waals surface area contributed by atoms with Crippen LogP contribution in [0.4, 0.5) is 5.13 Å². The molecule has 16 heavy (non-hydrogen) atoms. The maximum Gasteiger partial charge on any atom is 0.185 e. The first-order valence-corrected chi connectivity index (χ1v) is 6.62. The maximum absolute atomic E-state index is 5.43. The molecule has 0 amide bonds. The van der Waals surface area contributed by atoms with Gasteiger partial charge in [-0.1, -0.05) is 6.92 Å². The number of ether oxygens (including phenoxy) is 1. The molecule has 2 heterocycles. The van der Waals surface area contributed by atoms with E-state index >= 15 is 0 Å². The summed E-state index contributed by atoms with van der Waals surface area (Å²) in [6.07, 6.45) is 1.98. The van der Waals surface area contributed by atoms with Crippen molar-refractivity contribution in [2.24, 2.45) is 0 Å². The van der Waals surface area contributed by atoms with Crippen molar-refractivity contribution in [3.63, 3.8) is 0 Å². The molecule has 1 aliphatic rings. The van der Waals surface area contributed by atoms with E-state index in [1.54, 1.807) is 11.3 Å². The van der Waals surface area contributed by atoms with Crippen molar-refractivity contribution in [1.29, 1.82) is 0 Å². The fourth-order valence-electron chi connectivity index (χ4n) is 1.77. The Balaban J connectivity index is 1.99. The number of aromatic nitrogens is 1. The predicted octanol–water partition coefficient (Wildman–Crippen LogP) is 1.48. The molecular weight excluding hydrogens is 222 g/mol. The van der Waals surface area contributed by atoms with Gasteiger partial charge in [-0.25, -0.2) is 4.98 Å². The van der Waals surface area contributed by atoms with Gasteiger partial charge in [-0.05, 0) is 13.5 Å². The van der Waals surface area contributed by atoms with Gasteiger partial charge in [-0.2, -0.15) is 0 Å². The summed E-state index contributed by atoms with van der Waals surface area (Å²) in [6, 6.07) is 0.437. The van der Waals surface area contributed by atoms with Crippen LogP contribution in [0.15, 0.2) is 6.20 Å². The first-order chi connectivity index (χ1) is 7.81. The van der Waals surface area contributed by atoms with E-state index in [9.17, 15) is 0 Å². The Hall–Kier alpha value is -0.650. The van der Waals surface area contributed by atoms with E-state index in [2.05, 4.69) is 29.0 Å². The van der Waals surface area contributed by atoms with Gasteiger partial charge < -0.3 is 15.0 Å². The standard InChI is InChI=1S/C11H19N3OS/c1-3-12-6-10-7-13-11(16-10)14-4-5-15-8-9(14)2/h7,9,12H,3-6,8H2,1-2H3. The Labute approximate surface area is 101 Å². The van der Waals surface area contributed by atoms with E-state index < -0.39 is 0 Å². The van der Waals surface area contributed by atoms with E-state index in [0.717, 1.165) is 38.0 Å². The van der Waals surface area contributed by atoms with Crippen LogP contribution in [-0.4, -0.2) is 37.3 Å². The van der Waals surface area contributed by atoms with Crippen molar-refractivity contribution in [3.05, 3.63) is 11.1 Å². The SMILES string of the molecule is CCNCc1cnc(N2CCOCC2C)s1. The Morgan fingerprint density at radius 1 is 1.69 bits per heavy atom. The number of anilines is 1. The van der Waals surface area contributed by atoms with Gasteiger partial charge in [-0.3, -0.25) is 0 Å². The van der Waals surface area contributed by atoms with E-state index in [1.165, 1.54) is 4.88 Å². The summed E-state index contributed by atoms with van der Waals surface area (Å²) >= 11 is 1.78. The average molecular weight is 241 g/mol. The highest BCUT2D eigenvalue weighted by atomic mass is 32.1.